The lowest BCUT2D eigenvalue weighted by Gasteiger charge is -2.34. The van der Waals surface area contributed by atoms with Crippen molar-refractivity contribution in [2.24, 2.45) is 0 Å². The molecule has 1 aliphatic heterocycles. The molecule has 1 heterocycles. The minimum absolute atomic E-state index is 0.0257. The molecule has 3 atom stereocenters. The molecule has 0 unspecified atom stereocenters. The lowest BCUT2D eigenvalue weighted by atomic mass is 9.82. The first-order valence-electron chi connectivity index (χ1n) is 12.2. The van der Waals surface area contributed by atoms with Gasteiger partial charge in [-0.25, -0.2) is 4.79 Å². The number of carboxylic acid groups (broad SMARTS) is 1. The monoisotopic (exact) mass is 465 g/mol. The van der Waals surface area contributed by atoms with Gasteiger partial charge >= 0.3 is 5.97 Å². The summed E-state index contributed by atoms with van der Waals surface area (Å²) < 4.78 is 6.41. The molecule has 0 amide bonds. The first-order chi connectivity index (χ1) is 16.9. The lowest BCUT2D eigenvalue weighted by Crippen LogP contribution is -2.37. The van der Waals surface area contributed by atoms with Gasteiger partial charge in [-0.15, -0.1) is 0 Å². The Labute approximate surface area is 206 Å². The number of para-hydroxylation sites is 1. The molecule has 4 nitrogen and oxygen atoms in total. The Morgan fingerprint density at radius 1 is 1.03 bits per heavy atom. The van der Waals surface area contributed by atoms with Gasteiger partial charge in [0.05, 0.1) is 5.56 Å². The van der Waals surface area contributed by atoms with Gasteiger partial charge in [0.1, 0.15) is 11.9 Å². The van der Waals surface area contributed by atoms with Crippen LogP contribution in [-0.4, -0.2) is 23.7 Å². The predicted octanol–water partition coefficient (Wildman–Crippen LogP) is 6.79. The van der Waals surface area contributed by atoms with E-state index in [9.17, 15) is 9.90 Å². The number of rotatable bonds is 6. The number of aryl methyl sites for hydroxylation is 1. The number of hydrogen-bond donors (Lipinski definition) is 2. The van der Waals surface area contributed by atoms with Gasteiger partial charge < -0.3 is 15.2 Å². The maximum Gasteiger partial charge on any atom is 0.335 e. The molecule has 0 aromatic heterocycles. The Balaban J connectivity index is 1.41. The standard InChI is InChI=1S/C31H31NO3/c1-19-15-23(16-28(20(19)2)31(33)34)29-17-24(35-30-14-7-6-12-27(29)30)18-32-21(3)25-13-8-10-22-9-4-5-11-26(22)25/h4-16,21,24,29,32H,17-18H2,1-3H3,(H,33,34)/t21-,24+,29+/m1/s1. The van der Waals surface area contributed by atoms with Crippen LogP contribution in [0.15, 0.2) is 78.9 Å². The van der Waals surface area contributed by atoms with E-state index in [1.807, 2.05) is 38.1 Å². The van der Waals surface area contributed by atoms with Crippen molar-refractivity contribution in [3.63, 3.8) is 0 Å². The third-order valence-corrected chi connectivity index (χ3v) is 7.35. The molecule has 178 valence electrons. The maximum absolute atomic E-state index is 11.9. The van der Waals surface area contributed by atoms with Gasteiger partial charge in [-0.2, -0.15) is 0 Å². The van der Waals surface area contributed by atoms with Gasteiger partial charge in [-0.05, 0) is 72.4 Å². The maximum atomic E-state index is 11.9. The Hall–Kier alpha value is -3.63. The minimum atomic E-state index is -0.880. The third-order valence-electron chi connectivity index (χ3n) is 7.35. The summed E-state index contributed by atoms with van der Waals surface area (Å²) in [6.45, 7) is 6.76. The highest BCUT2D eigenvalue weighted by Gasteiger charge is 2.30. The highest BCUT2D eigenvalue weighted by atomic mass is 16.5. The summed E-state index contributed by atoms with van der Waals surface area (Å²) in [5.74, 6) is 0.0791. The van der Waals surface area contributed by atoms with E-state index >= 15 is 0 Å². The van der Waals surface area contributed by atoms with E-state index in [4.69, 9.17) is 4.74 Å². The minimum Gasteiger partial charge on any atom is -0.489 e. The molecule has 0 saturated carbocycles. The second kappa shape index (κ2) is 9.55. The number of carboxylic acids is 1. The molecular weight excluding hydrogens is 434 g/mol. The van der Waals surface area contributed by atoms with Crippen molar-refractivity contribution in [2.45, 2.75) is 45.3 Å². The van der Waals surface area contributed by atoms with Crippen molar-refractivity contribution in [3.05, 3.63) is 112 Å². The zero-order valence-electron chi connectivity index (χ0n) is 20.4. The van der Waals surface area contributed by atoms with Crippen LogP contribution in [0.3, 0.4) is 0 Å². The molecule has 4 aromatic rings. The average Bonchev–Trinajstić information content (AvgIpc) is 2.87. The van der Waals surface area contributed by atoms with Crippen LogP contribution in [-0.2, 0) is 0 Å². The largest absolute Gasteiger partial charge is 0.489 e. The fourth-order valence-corrected chi connectivity index (χ4v) is 5.29. The van der Waals surface area contributed by atoms with Crippen molar-refractivity contribution in [1.29, 1.82) is 0 Å². The zero-order valence-corrected chi connectivity index (χ0v) is 20.4. The van der Waals surface area contributed by atoms with Crippen LogP contribution < -0.4 is 10.1 Å². The number of hydrogen-bond acceptors (Lipinski definition) is 3. The van der Waals surface area contributed by atoms with E-state index in [1.54, 1.807) is 0 Å². The summed E-state index contributed by atoms with van der Waals surface area (Å²) >= 11 is 0. The lowest BCUT2D eigenvalue weighted by molar-refractivity contribution is 0.0696. The number of nitrogens with one attached hydrogen (secondary N) is 1. The van der Waals surface area contributed by atoms with Crippen LogP contribution >= 0.6 is 0 Å². The van der Waals surface area contributed by atoms with E-state index in [0.717, 1.165) is 34.4 Å². The highest BCUT2D eigenvalue weighted by Crippen LogP contribution is 2.41. The molecule has 2 N–H and O–H groups in total. The van der Waals surface area contributed by atoms with Gasteiger partial charge in [-0.3, -0.25) is 0 Å². The third kappa shape index (κ3) is 4.54. The number of aromatic carboxylic acids is 1. The van der Waals surface area contributed by atoms with Gasteiger partial charge in [0.2, 0.25) is 0 Å². The van der Waals surface area contributed by atoms with Crippen LogP contribution in [0.25, 0.3) is 10.8 Å². The molecule has 0 bridgehead atoms. The van der Waals surface area contributed by atoms with Crippen molar-refractivity contribution >= 4 is 16.7 Å². The molecule has 0 radical (unpaired) electrons. The molecule has 0 fully saturated rings. The Bertz CT molecular complexity index is 1390. The topological polar surface area (TPSA) is 58.6 Å². The summed E-state index contributed by atoms with van der Waals surface area (Å²) in [5, 5.41) is 16.0. The molecule has 4 aromatic carbocycles. The highest BCUT2D eigenvalue weighted by molar-refractivity contribution is 5.90. The van der Waals surface area contributed by atoms with E-state index in [2.05, 4.69) is 66.8 Å². The Morgan fingerprint density at radius 3 is 2.60 bits per heavy atom. The fraction of sp³-hybridized carbons (Fsp3) is 0.258. The molecule has 5 rings (SSSR count). The van der Waals surface area contributed by atoms with Crippen LogP contribution in [0.2, 0.25) is 0 Å². The fourth-order valence-electron chi connectivity index (χ4n) is 5.29. The normalized spacial score (nSPS) is 18.0. The van der Waals surface area contributed by atoms with Crippen molar-refractivity contribution < 1.29 is 14.6 Å². The van der Waals surface area contributed by atoms with E-state index < -0.39 is 5.97 Å². The van der Waals surface area contributed by atoms with Crippen molar-refractivity contribution in [3.8, 4) is 5.75 Å². The molecule has 35 heavy (non-hydrogen) atoms. The number of carbonyl (C=O) groups is 1. The molecule has 1 aliphatic rings. The SMILES string of the molecule is Cc1cc([C@@H]2C[C@@H](CN[C@H](C)c3cccc4ccccc34)Oc3ccccc32)cc(C(=O)O)c1C. The molecular formula is C31H31NO3. The molecule has 0 spiro atoms. The molecule has 0 saturated heterocycles. The zero-order chi connectivity index (χ0) is 24.5. The summed E-state index contributed by atoms with van der Waals surface area (Å²) in [7, 11) is 0. The van der Waals surface area contributed by atoms with Gasteiger partial charge in [0, 0.05) is 24.1 Å². The van der Waals surface area contributed by atoms with Crippen LogP contribution in [0.4, 0.5) is 0 Å². The Morgan fingerprint density at radius 2 is 1.77 bits per heavy atom. The van der Waals surface area contributed by atoms with E-state index in [0.29, 0.717) is 12.1 Å². The van der Waals surface area contributed by atoms with Gasteiger partial charge in [0.25, 0.3) is 0 Å². The summed E-state index contributed by atoms with van der Waals surface area (Å²) in [6.07, 6.45) is 0.760. The average molecular weight is 466 g/mol. The second-order valence-electron chi connectivity index (χ2n) is 9.58. The number of benzene rings is 4. The Kier molecular flexibility index (Phi) is 6.31. The van der Waals surface area contributed by atoms with Gasteiger partial charge in [0.15, 0.2) is 0 Å². The number of ether oxygens (including phenoxy) is 1. The predicted molar refractivity (Wildman–Crippen MR) is 141 cm³/mol. The van der Waals surface area contributed by atoms with Gasteiger partial charge in [-0.1, -0.05) is 66.7 Å². The van der Waals surface area contributed by atoms with Crippen LogP contribution in [0.5, 0.6) is 5.75 Å². The van der Waals surface area contributed by atoms with Crippen LogP contribution in [0.1, 0.15) is 63.5 Å². The first kappa shape index (κ1) is 23.1. The van der Waals surface area contributed by atoms with E-state index in [1.165, 1.54) is 16.3 Å². The summed E-state index contributed by atoms with van der Waals surface area (Å²) in [6, 6.07) is 27.2. The molecule has 4 heteroatoms. The summed E-state index contributed by atoms with van der Waals surface area (Å²) in [4.78, 5) is 11.9. The summed E-state index contributed by atoms with van der Waals surface area (Å²) in [5.41, 5.74) is 5.63. The van der Waals surface area contributed by atoms with Crippen molar-refractivity contribution in [1.82, 2.24) is 5.32 Å². The van der Waals surface area contributed by atoms with E-state index in [-0.39, 0.29) is 18.1 Å². The molecule has 0 aliphatic carbocycles. The van der Waals surface area contributed by atoms with Crippen molar-refractivity contribution in [2.75, 3.05) is 6.54 Å². The second-order valence-corrected chi connectivity index (χ2v) is 9.58. The smallest absolute Gasteiger partial charge is 0.335 e. The number of fused-ring (bicyclic) bond motifs is 2. The van der Waals surface area contributed by atoms with Crippen LogP contribution in [0, 0.1) is 13.8 Å². The quantitative estimate of drug-likeness (QED) is 0.329. The first-order valence-corrected chi connectivity index (χ1v) is 12.2.